The number of hydrogen-bond acceptors (Lipinski definition) is 1. The Bertz CT molecular complexity index is 314. The standard InChI is InChI=1S/C8H7ClFNO/c9-6-2-1-5(3-8(11)12)7(10)4-6/h1-2,4H,3H2,(H2,11,12). The molecule has 0 aromatic heterocycles. The van der Waals surface area contributed by atoms with Crippen molar-refractivity contribution in [1.29, 1.82) is 0 Å². The third kappa shape index (κ3) is 2.20. The minimum atomic E-state index is -0.559. The van der Waals surface area contributed by atoms with Crippen LogP contribution in [0.4, 0.5) is 4.39 Å². The van der Waals surface area contributed by atoms with E-state index >= 15 is 0 Å². The molecule has 0 aliphatic carbocycles. The molecule has 2 nitrogen and oxygen atoms in total. The molecule has 0 radical (unpaired) electrons. The molecular weight excluding hydrogens is 181 g/mol. The van der Waals surface area contributed by atoms with Crippen LogP contribution < -0.4 is 5.73 Å². The Hall–Kier alpha value is -1.09. The molecule has 0 heterocycles. The highest BCUT2D eigenvalue weighted by molar-refractivity contribution is 6.30. The number of amides is 1. The molecule has 0 saturated heterocycles. The van der Waals surface area contributed by atoms with Gasteiger partial charge < -0.3 is 5.73 Å². The van der Waals surface area contributed by atoms with Gasteiger partial charge in [0.2, 0.25) is 5.91 Å². The number of benzene rings is 1. The van der Waals surface area contributed by atoms with Crippen molar-refractivity contribution in [3.8, 4) is 0 Å². The molecule has 0 atom stereocenters. The second-order valence-electron chi connectivity index (χ2n) is 2.38. The Kier molecular flexibility index (Phi) is 2.65. The Balaban J connectivity index is 2.93. The summed E-state index contributed by atoms with van der Waals surface area (Å²) in [6, 6.07) is 4.12. The SMILES string of the molecule is NC(=O)Cc1ccc(Cl)cc1F. The summed E-state index contributed by atoms with van der Waals surface area (Å²) in [5.74, 6) is -1.06. The first-order valence-corrected chi connectivity index (χ1v) is 3.69. The van der Waals surface area contributed by atoms with Crippen molar-refractivity contribution in [2.24, 2.45) is 5.73 Å². The van der Waals surface area contributed by atoms with Crippen molar-refractivity contribution >= 4 is 17.5 Å². The van der Waals surface area contributed by atoms with E-state index in [1.807, 2.05) is 0 Å². The summed E-state index contributed by atoms with van der Waals surface area (Å²) >= 11 is 5.50. The smallest absolute Gasteiger partial charge is 0.221 e. The fraction of sp³-hybridized carbons (Fsp3) is 0.125. The molecule has 64 valence electrons. The summed E-state index contributed by atoms with van der Waals surface area (Å²) in [6.45, 7) is 0. The van der Waals surface area contributed by atoms with Crippen LogP contribution in [0.2, 0.25) is 5.02 Å². The average Bonchev–Trinajstić information content (AvgIpc) is 1.94. The lowest BCUT2D eigenvalue weighted by Crippen LogP contribution is -2.14. The van der Waals surface area contributed by atoms with E-state index in [1.165, 1.54) is 12.1 Å². The number of carbonyl (C=O) groups is 1. The molecule has 4 heteroatoms. The molecule has 12 heavy (non-hydrogen) atoms. The van der Waals surface area contributed by atoms with Crippen molar-refractivity contribution in [2.45, 2.75) is 6.42 Å². The molecule has 0 spiro atoms. The number of primary amides is 1. The van der Waals surface area contributed by atoms with E-state index in [1.54, 1.807) is 0 Å². The quantitative estimate of drug-likeness (QED) is 0.749. The second kappa shape index (κ2) is 3.54. The average molecular weight is 188 g/mol. The lowest BCUT2D eigenvalue weighted by atomic mass is 10.1. The van der Waals surface area contributed by atoms with E-state index in [9.17, 15) is 9.18 Å². The van der Waals surface area contributed by atoms with Gasteiger partial charge in [0, 0.05) is 5.02 Å². The summed E-state index contributed by atoms with van der Waals surface area (Å²) in [4.78, 5) is 10.4. The van der Waals surface area contributed by atoms with Gasteiger partial charge in [-0.1, -0.05) is 17.7 Å². The van der Waals surface area contributed by atoms with Crippen molar-refractivity contribution in [1.82, 2.24) is 0 Å². The van der Waals surface area contributed by atoms with Gasteiger partial charge in [-0.3, -0.25) is 4.79 Å². The van der Waals surface area contributed by atoms with Crippen molar-refractivity contribution in [2.75, 3.05) is 0 Å². The van der Waals surface area contributed by atoms with Crippen molar-refractivity contribution in [3.63, 3.8) is 0 Å². The predicted octanol–water partition coefficient (Wildman–Crippen LogP) is 1.51. The number of halogens is 2. The van der Waals surface area contributed by atoms with Gasteiger partial charge in [0.25, 0.3) is 0 Å². The van der Waals surface area contributed by atoms with Crippen LogP contribution in [0.25, 0.3) is 0 Å². The third-order valence-electron chi connectivity index (χ3n) is 1.38. The number of rotatable bonds is 2. The van der Waals surface area contributed by atoms with Crippen LogP contribution >= 0.6 is 11.6 Å². The minimum Gasteiger partial charge on any atom is -0.369 e. The molecule has 0 saturated carbocycles. The first-order valence-electron chi connectivity index (χ1n) is 3.32. The molecule has 0 aliphatic heterocycles. The van der Waals surface area contributed by atoms with Gasteiger partial charge in [0.1, 0.15) is 5.82 Å². The van der Waals surface area contributed by atoms with Gasteiger partial charge in [0.05, 0.1) is 6.42 Å². The highest BCUT2D eigenvalue weighted by Gasteiger charge is 2.04. The van der Waals surface area contributed by atoms with Gasteiger partial charge in [-0.05, 0) is 17.7 Å². The van der Waals surface area contributed by atoms with Gasteiger partial charge in [-0.2, -0.15) is 0 Å². The van der Waals surface area contributed by atoms with Crippen LogP contribution in [-0.4, -0.2) is 5.91 Å². The predicted molar refractivity (Wildman–Crippen MR) is 44.3 cm³/mol. The summed E-state index contributed by atoms with van der Waals surface area (Å²) in [5, 5.41) is 0.306. The van der Waals surface area contributed by atoms with E-state index < -0.39 is 11.7 Å². The van der Waals surface area contributed by atoms with E-state index in [4.69, 9.17) is 17.3 Å². The number of carbonyl (C=O) groups excluding carboxylic acids is 1. The van der Waals surface area contributed by atoms with E-state index in [2.05, 4.69) is 0 Å². The van der Waals surface area contributed by atoms with Crippen LogP contribution in [0.5, 0.6) is 0 Å². The highest BCUT2D eigenvalue weighted by atomic mass is 35.5. The third-order valence-corrected chi connectivity index (χ3v) is 1.61. The molecule has 1 aromatic carbocycles. The normalized spacial score (nSPS) is 9.83. The Morgan fingerprint density at radius 1 is 1.58 bits per heavy atom. The first-order chi connectivity index (χ1) is 5.59. The maximum atomic E-state index is 12.9. The van der Waals surface area contributed by atoms with Crippen LogP contribution in [0.1, 0.15) is 5.56 Å². The Morgan fingerprint density at radius 2 is 2.25 bits per heavy atom. The zero-order valence-electron chi connectivity index (χ0n) is 6.18. The lowest BCUT2D eigenvalue weighted by Gasteiger charge is -1.99. The van der Waals surface area contributed by atoms with E-state index in [0.717, 1.165) is 6.07 Å². The summed E-state index contributed by atoms with van der Waals surface area (Å²) < 4.78 is 12.9. The number of nitrogens with two attached hydrogens (primary N) is 1. The number of hydrogen-bond donors (Lipinski definition) is 1. The highest BCUT2D eigenvalue weighted by Crippen LogP contribution is 2.14. The zero-order valence-corrected chi connectivity index (χ0v) is 6.94. The van der Waals surface area contributed by atoms with Gasteiger partial charge in [0.15, 0.2) is 0 Å². The fourth-order valence-corrected chi connectivity index (χ4v) is 1.01. The summed E-state index contributed by atoms with van der Waals surface area (Å²) in [5.41, 5.74) is 5.16. The first kappa shape index (κ1) is 9.00. The fourth-order valence-electron chi connectivity index (χ4n) is 0.853. The molecule has 0 unspecified atom stereocenters. The van der Waals surface area contributed by atoms with Crippen LogP contribution in [0, 0.1) is 5.82 Å². The summed E-state index contributed by atoms with van der Waals surface area (Å²) in [6.07, 6.45) is -0.0942. The van der Waals surface area contributed by atoms with Gasteiger partial charge in [-0.15, -0.1) is 0 Å². The minimum absolute atomic E-state index is 0.0942. The molecule has 2 N–H and O–H groups in total. The molecule has 1 rings (SSSR count). The second-order valence-corrected chi connectivity index (χ2v) is 2.82. The Labute approximate surface area is 74.1 Å². The largest absolute Gasteiger partial charge is 0.369 e. The molecule has 0 aliphatic rings. The lowest BCUT2D eigenvalue weighted by molar-refractivity contribution is -0.117. The van der Waals surface area contributed by atoms with Crippen LogP contribution in [0.15, 0.2) is 18.2 Å². The molecule has 1 aromatic rings. The maximum Gasteiger partial charge on any atom is 0.221 e. The molecular formula is C8H7ClFNO. The summed E-state index contributed by atoms with van der Waals surface area (Å²) in [7, 11) is 0. The van der Waals surface area contributed by atoms with Gasteiger partial charge >= 0.3 is 0 Å². The van der Waals surface area contributed by atoms with Crippen molar-refractivity contribution < 1.29 is 9.18 Å². The Morgan fingerprint density at radius 3 is 2.75 bits per heavy atom. The maximum absolute atomic E-state index is 12.9. The van der Waals surface area contributed by atoms with Gasteiger partial charge in [-0.25, -0.2) is 4.39 Å². The zero-order chi connectivity index (χ0) is 9.14. The van der Waals surface area contributed by atoms with Crippen molar-refractivity contribution in [3.05, 3.63) is 34.6 Å². The van der Waals surface area contributed by atoms with E-state index in [0.29, 0.717) is 5.02 Å². The van der Waals surface area contributed by atoms with Crippen LogP contribution in [0.3, 0.4) is 0 Å². The molecule has 0 bridgehead atoms. The van der Waals surface area contributed by atoms with E-state index in [-0.39, 0.29) is 12.0 Å². The monoisotopic (exact) mass is 187 g/mol. The topological polar surface area (TPSA) is 43.1 Å². The molecule has 1 amide bonds. The molecule has 0 fully saturated rings. The van der Waals surface area contributed by atoms with Crippen LogP contribution in [-0.2, 0) is 11.2 Å².